The average molecular weight is 583 g/mol. The number of imidazole rings is 1. The van der Waals surface area contributed by atoms with Crippen molar-refractivity contribution in [2.24, 2.45) is 0 Å². The molecule has 5 heterocycles. The molecule has 8 nitrogen and oxygen atoms in total. The van der Waals surface area contributed by atoms with Crippen LogP contribution in [0.3, 0.4) is 0 Å². The van der Waals surface area contributed by atoms with Gasteiger partial charge in [-0.15, -0.1) is 0 Å². The number of esters is 1. The van der Waals surface area contributed by atoms with Crippen LogP contribution in [0.4, 0.5) is 10.1 Å². The molecule has 2 saturated heterocycles. The minimum Gasteiger partial charge on any atom is -0.464 e. The highest BCUT2D eigenvalue weighted by atomic mass is 35.5. The van der Waals surface area contributed by atoms with Crippen LogP contribution in [0.25, 0.3) is 22.0 Å². The maximum Gasteiger partial charge on any atom is 0.337 e. The monoisotopic (exact) mass is 582 g/mol. The summed E-state index contributed by atoms with van der Waals surface area (Å²) in [4.78, 5) is 22.6. The van der Waals surface area contributed by atoms with E-state index in [1.165, 1.54) is 23.3 Å². The number of alkyl halides is 1. The largest absolute Gasteiger partial charge is 0.464 e. The first-order chi connectivity index (χ1) is 19.4. The van der Waals surface area contributed by atoms with E-state index in [0.717, 1.165) is 30.8 Å². The molecule has 0 amide bonds. The van der Waals surface area contributed by atoms with Crippen LogP contribution in [0.1, 0.15) is 30.8 Å². The van der Waals surface area contributed by atoms with E-state index in [2.05, 4.69) is 39.0 Å². The molecule has 40 heavy (non-hydrogen) atoms. The number of rotatable bonds is 6. The van der Waals surface area contributed by atoms with E-state index in [-0.39, 0.29) is 19.6 Å². The predicted molar refractivity (Wildman–Crippen MR) is 153 cm³/mol. The molecule has 0 aliphatic carbocycles. The summed E-state index contributed by atoms with van der Waals surface area (Å²) >= 11 is 13.7. The van der Waals surface area contributed by atoms with Gasteiger partial charge < -0.3 is 14.2 Å². The number of fused-ring (bicyclic) bond motifs is 4. The molecule has 11 heteroatoms. The van der Waals surface area contributed by atoms with E-state index in [4.69, 9.17) is 33.0 Å². The summed E-state index contributed by atoms with van der Waals surface area (Å²) in [5.74, 6) is -0.523. The Bertz CT molecular complexity index is 1600. The maximum absolute atomic E-state index is 14.2. The lowest BCUT2D eigenvalue weighted by Gasteiger charge is -2.36. The third-order valence-corrected chi connectivity index (χ3v) is 9.08. The number of piperazine rings is 1. The average Bonchev–Trinajstić information content (AvgIpc) is 3.72. The van der Waals surface area contributed by atoms with Crippen molar-refractivity contribution in [1.82, 2.24) is 24.2 Å². The molecule has 0 spiro atoms. The Morgan fingerprint density at radius 2 is 2.00 bits per heavy atom. The Balaban J connectivity index is 1.25. The highest BCUT2D eigenvalue weighted by molar-refractivity contribution is 6.42. The standard InChI is InChI=1S/C29H29Cl2FN6O2/c1-2-40-29(39)28(27-24-11-18(32)13-36(24)16-33-27)38-15-22-23(30)12-21(25(31)26(22)34-38)17-3-5-19(6-4-17)37-10-9-35-8-7-20(37)14-35/h3-6,12,15-16,18,20,28H,2,7-11,13-14H2,1H3/t18-,20?,28?/m1/s1. The normalized spacial score (nSPS) is 22.6. The van der Waals surface area contributed by atoms with Crippen LogP contribution in [0.15, 0.2) is 42.9 Å². The minimum absolute atomic E-state index is 0.185. The molecule has 0 N–H and O–H groups in total. The van der Waals surface area contributed by atoms with Crippen molar-refractivity contribution in [3.05, 3.63) is 64.3 Å². The molecule has 2 aromatic carbocycles. The molecular formula is C29H29Cl2FN6O2. The summed E-state index contributed by atoms with van der Waals surface area (Å²) in [7, 11) is 0. The molecule has 7 rings (SSSR count). The smallest absolute Gasteiger partial charge is 0.337 e. The lowest BCUT2D eigenvalue weighted by Crippen LogP contribution is -2.46. The molecule has 4 aromatic rings. The van der Waals surface area contributed by atoms with Gasteiger partial charge in [0.1, 0.15) is 11.7 Å². The van der Waals surface area contributed by atoms with Gasteiger partial charge in [0.2, 0.25) is 0 Å². The third kappa shape index (κ3) is 4.26. The quantitative estimate of drug-likeness (QED) is 0.293. The van der Waals surface area contributed by atoms with Crippen molar-refractivity contribution < 1.29 is 13.9 Å². The van der Waals surface area contributed by atoms with Gasteiger partial charge >= 0.3 is 5.97 Å². The van der Waals surface area contributed by atoms with E-state index in [0.29, 0.717) is 38.4 Å². The van der Waals surface area contributed by atoms with Crippen LogP contribution in [-0.2, 0) is 22.5 Å². The van der Waals surface area contributed by atoms with E-state index in [1.807, 2.05) is 6.07 Å². The van der Waals surface area contributed by atoms with Gasteiger partial charge in [-0.25, -0.2) is 14.2 Å². The van der Waals surface area contributed by atoms with Gasteiger partial charge in [0, 0.05) is 67.2 Å². The third-order valence-electron chi connectivity index (χ3n) is 8.38. The molecule has 2 aromatic heterocycles. The zero-order chi connectivity index (χ0) is 27.5. The van der Waals surface area contributed by atoms with Gasteiger partial charge in [0.05, 0.1) is 35.2 Å². The highest BCUT2D eigenvalue weighted by Gasteiger charge is 2.35. The van der Waals surface area contributed by atoms with Crippen molar-refractivity contribution in [3.63, 3.8) is 0 Å². The Morgan fingerprint density at radius 1 is 1.18 bits per heavy atom. The second-order valence-corrected chi connectivity index (χ2v) is 11.5. The Morgan fingerprint density at radius 3 is 2.80 bits per heavy atom. The van der Waals surface area contributed by atoms with Crippen LogP contribution in [0.2, 0.25) is 10.0 Å². The highest BCUT2D eigenvalue weighted by Crippen LogP contribution is 2.40. The zero-order valence-electron chi connectivity index (χ0n) is 22.1. The fourth-order valence-corrected chi connectivity index (χ4v) is 6.98. The lowest BCUT2D eigenvalue weighted by atomic mass is 10.0. The molecule has 4 atom stereocenters. The van der Waals surface area contributed by atoms with Crippen LogP contribution in [0, 0.1) is 0 Å². The van der Waals surface area contributed by atoms with Gasteiger partial charge in [0.15, 0.2) is 6.04 Å². The number of carbonyl (C=O) groups excluding carboxylic acids is 1. The van der Waals surface area contributed by atoms with Crippen molar-refractivity contribution >= 4 is 45.8 Å². The molecule has 0 radical (unpaired) electrons. The van der Waals surface area contributed by atoms with Crippen molar-refractivity contribution in [3.8, 4) is 11.1 Å². The van der Waals surface area contributed by atoms with Crippen LogP contribution < -0.4 is 4.90 Å². The lowest BCUT2D eigenvalue weighted by molar-refractivity contribution is -0.146. The number of aromatic nitrogens is 4. The van der Waals surface area contributed by atoms with E-state index in [9.17, 15) is 9.18 Å². The van der Waals surface area contributed by atoms with Crippen molar-refractivity contribution in [2.45, 2.75) is 44.6 Å². The molecule has 208 valence electrons. The molecule has 3 aliphatic rings. The summed E-state index contributed by atoms with van der Waals surface area (Å²) in [5.41, 5.74) is 4.48. The fraction of sp³-hybridized carbons (Fsp3) is 0.414. The van der Waals surface area contributed by atoms with Crippen LogP contribution in [0.5, 0.6) is 0 Å². The predicted octanol–water partition coefficient (Wildman–Crippen LogP) is 5.15. The SMILES string of the molecule is CCOC(=O)C(c1ncn2c1C[C@@H](F)C2)n1cc2c(Cl)cc(-c3ccc(N4CCN5CCC4C5)cc3)c(Cl)c2n1. The topological polar surface area (TPSA) is 68.4 Å². The van der Waals surface area contributed by atoms with Crippen molar-refractivity contribution in [2.75, 3.05) is 37.7 Å². The van der Waals surface area contributed by atoms with Crippen molar-refractivity contribution in [1.29, 1.82) is 0 Å². The van der Waals surface area contributed by atoms with Crippen LogP contribution >= 0.6 is 23.2 Å². The summed E-state index contributed by atoms with van der Waals surface area (Å²) in [6.45, 7) is 6.59. The molecular weight excluding hydrogens is 554 g/mol. The second kappa shape index (κ2) is 10.0. The van der Waals surface area contributed by atoms with E-state index >= 15 is 0 Å². The number of benzene rings is 2. The summed E-state index contributed by atoms with van der Waals surface area (Å²) in [6, 6.07) is 9.84. The first-order valence-corrected chi connectivity index (χ1v) is 14.5. The Labute approximate surface area is 241 Å². The van der Waals surface area contributed by atoms with Gasteiger partial charge in [0.25, 0.3) is 0 Å². The summed E-state index contributed by atoms with van der Waals surface area (Å²) in [5, 5.41) is 6.24. The molecule has 3 unspecified atom stereocenters. The van der Waals surface area contributed by atoms with Gasteiger partial charge in [-0.1, -0.05) is 35.3 Å². The fourth-order valence-electron chi connectivity index (χ4n) is 6.42. The number of halogens is 3. The Kier molecular flexibility index (Phi) is 6.48. The number of hydrogen-bond donors (Lipinski definition) is 0. The first-order valence-electron chi connectivity index (χ1n) is 13.7. The van der Waals surface area contributed by atoms with Crippen LogP contribution in [-0.4, -0.2) is 75.2 Å². The summed E-state index contributed by atoms with van der Waals surface area (Å²) < 4.78 is 22.8. The number of carbonyl (C=O) groups is 1. The number of nitrogens with zero attached hydrogens (tertiary/aromatic N) is 6. The Hall–Kier alpha value is -3.14. The van der Waals surface area contributed by atoms with Gasteiger partial charge in [-0.05, 0) is 37.1 Å². The van der Waals surface area contributed by atoms with E-state index in [1.54, 1.807) is 24.0 Å². The molecule has 2 bridgehead atoms. The molecule has 3 aliphatic heterocycles. The van der Waals surface area contributed by atoms with E-state index < -0.39 is 18.2 Å². The maximum atomic E-state index is 14.2. The first kappa shape index (κ1) is 25.8. The number of anilines is 1. The van der Waals surface area contributed by atoms with Gasteiger partial charge in [-0.2, -0.15) is 5.10 Å². The molecule has 0 saturated carbocycles. The number of ether oxygens (including phenoxy) is 1. The van der Waals surface area contributed by atoms with Gasteiger partial charge in [-0.3, -0.25) is 9.58 Å². The number of hydrogen-bond acceptors (Lipinski definition) is 6. The minimum atomic E-state index is -1.02. The zero-order valence-corrected chi connectivity index (χ0v) is 23.6. The molecule has 2 fully saturated rings. The second-order valence-electron chi connectivity index (χ2n) is 10.8. The summed E-state index contributed by atoms with van der Waals surface area (Å²) in [6.07, 6.45) is 3.62.